The molecule has 1 amide bonds. The Morgan fingerprint density at radius 1 is 1.16 bits per heavy atom. The van der Waals surface area contributed by atoms with Crippen molar-refractivity contribution in [2.75, 3.05) is 48.8 Å². The number of aliphatic hydroxyl groups is 1. The molecule has 12 heteroatoms. The van der Waals surface area contributed by atoms with Crippen LogP contribution in [-0.2, 0) is 19.4 Å². The molecule has 1 saturated heterocycles. The normalized spacial score (nSPS) is 14.7. The Morgan fingerprint density at radius 3 is 2.70 bits per heavy atom. The molecule has 1 aromatic carbocycles. The summed E-state index contributed by atoms with van der Waals surface area (Å²) in [6.45, 7) is 11.4. The number of methoxy groups -OCH3 is 1. The molecule has 0 atom stereocenters. The third kappa shape index (κ3) is 5.80. The van der Waals surface area contributed by atoms with Crippen molar-refractivity contribution in [3.8, 4) is 11.6 Å². The molecule has 4 N–H and O–H groups in total. The lowest BCUT2D eigenvalue weighted by Crippen LogP contribution is -2.43. The zero-order chi connectivity index (χ0) is 30.3. The fourth-order valence-electron chi connectivity index (χ4n) is 5.82. The van der Waals surface area contributed by atoms with E-state index in [0.29, 0.717) is 35.9 Å². The van der Waals surface area contributed by atoms with Gasteiger partial charge < -0.3 is 35.3 Å². The summed E-state index contributed by atoms with van der Waals surface area (Å²) in [5.41, 5.74) is 5.64. The lowest BCUT2D eigenvalue weighted by atomic mass is 10.0. The van der Waals surface area contributed by atoms with E-state index >= 15 is 0 Å². The number of nitrogens with zero attached hydrogens (tertiary/aromatic N) is 6. The Morgan fingerprint density at radius 2 is 1.95 bits per heavy atom. The molecule has 0 radical (unpaired) electrons. The second-order valence-corrected chi connectivity index (χ2v) is 11.8. The van der Waals surface area contributed by atoms with E-state index in [1.54, 1.807) is 25.6 Å². The van der Waals surface area contributed by atoms with Crippen molar-refractivity contribution < 1.29 is 14.6 Å². The molecule has 3 aromatic heterocycles. The van der Waals surface area contributed by atoms with Gasteiger partial charge in [-0.15, -0.1) is 0 Å². The smallest absolute Gasteiger partial charge is 0.257 e. The summed E-state index contributed by atoms with van der Waals surface area (Å²) < 4.78 is 9.42. The maximum Gasteiger partial charge on any atom is 0.257 e. The van der Waals surface area contributed by atoms with Gasteiger partial charge in [0.25, 0.3) is 5.91 Å². The summed E-state index contributed by atoms with van der Waals surface area (Å²) in [5.74, 6) is 1.71. The quantitative estimate of drug-likeness (QED) is 0.246. The van der Waals surface area contributed by atoms with Crippen LogP contribution in [0.5, 0.6) is 5.75 Å². The van der Waals surface area contributed by atoms with Crippen LogP contribution >= 0.6 is 0 Å². The van der Waals surface area contributed by atoms with Crippen molar-refractivity contribution in [1.29, 1.82) is 0 Å². The van der Waals surface area contributed by atoms with Crippen molar-refractivity contribution >= 4 is 28.9 Å². The first-order valence-electron chi connectivity index (χ1n) is 14.7. The lowest BCUT2D eigenvalue weighted by Gasteiger charge is -2.30. The number of hydrogen-bond donors (Lipinski definition) is 4. The fourth-order valence-corrected chi connectivity index (χ4v) is 5.82. The van der Waals surface area contributed by atoms with E-state index in [-0.39, 0.29) is 5.91 Å². The van der Waals surface area contributed by atoms with Crippen LogP contribution in [0, 0.1) is 13.8 Å². The number of benzene rings is 1. The van der Waals surface area contributed by atoms with Crippen molar-refractivity contribution in [1.82, 2.24) is 29.6 Å². The van der Waals surface area contributed by atoms with Crippen molar-refractivity contribution in [3.05, 3.63) is 64.9 Å². The number of nitrogens with one attached hydrogen (secondary N) is 3. The molecule has 12 nitrogen and oxygen atoms in total. The Balaban J connectivity index is 1.23. The predicted octanol–water partition coefficient (Wildman–Crippen LogP) is 3.36. The van der Waals surface area contributed by atoms with Gasteiger partial charge in [0.1, 0.15) is 11.6 Å². The minimum Gasteiger partial charge on any atom is -0.494 e. The maximum atomic E-state index is 13.5. The van der Waals surface area contributed by atoms with Gasteiger partial charge in [-0.1, -0.05) is 0 Å². The lowest BCUT2D eigenvalue weighted by molar-refractivity contribution is 0.0570. The molecule has 2 aliphatic rings. The highest BCUT2D eigenvalue weighted by Crippen LogP contribution is 2.33. The van der Waals surface area contributed by atoms with Crippen LogP contribution in [0.2, 0.25) is 0 Å². The molecular weight excluding hydrogens is 546 g/mol. The summed E-state index contributed by atoms with van der Waals surface area (Å²) in [4.78, 5) is 25.3. The number of carbonyl (C=O) groups excluding carboxylic acids is 1. The van der Waals surface area contributed by atoms with Crippen LogP contribution in [0.25, 0.3) is 5.82 Å². The van der Waals surface area contributed by atoms with Crippen molar-refractivity contribution in [2.45, 2.75) is 52.7 Å². The van der Waals surface area contributed by atoms with Crippen LogP contribution in [0.1, 0.15) is 46.9 Å². The van der Waals surface area contributed by atoms with Gasteiger partial charge in [-0.2, -0.15) is 10.1 Å². The minimum absolute atomic E-state index is 0.201. The molecule has 43 heavy (non-hydrogen) atoms. The summed E-state index contributed by atoms with van der Waals surface area (Å²) >= 11 is 0. The SMILES string of the molecule is COc1cc(N2CCNCC2)ccc1Nc1ncc2c(n1)-n1ccc(C(=O)Nc3c(C)nn(CC(C)(C)O)c3C)c1CC2. The first kappa shape index (κ1) is 28.7. The number of piperazine rings is 1. The van der Waals surface area contributed by atoms with E-state index < -0.39 is 5.60 Å². The number of ether oxygens (including phenoxy) is 1. The maximum absolute atomic E-state index is 13.5. The molecule has 0 bridgehead atoms. The first-order valence-corrected chi connectivity index (χ1v) is 14.7. The van der Waals surface area contributed by atoms with Gasteiger partial charge in [-0.05, 0) is 58.7 Å². The Bertz CT molecular complexity index is 1660. The third-order valence-electron chi connectivity index (χ3n) is 8.01. The molecular formula is C31H39N9O3. The van der Waals surface area contributed by atoms with Crippen molar-refractivity contribution in [2.24, 2.45) is 0 Å². The van der Waals surface area contributed by atoms with Crippen LogP contribution in [0.15, 0.2) is 36.7 Å². The zero-order valence-electron chi connectivity index (χ0n) is 25.4. The molecule has 0 aliphatic carbocycles. The number of rotatable bonds is 8. The molecule has 1 fully saturated rings. The van der Waals surface area contributed by atoms with E-state index in [1.807, 2.05) is 49.0 Å². The molecule has 0 saturated carbocycles. The molecule has 2 aliphatic heterocycles. The summed E-state index contributed by atoms with van der Waals surface area (Å²) in [6, 6.07) is 7.95. The molecule has 0 spiro atoms. The Kier molecular flexibility index (Phi) is 7.57. The third-order valence-corrected chi connectivity index (χ3v) is 8.01. The number of fused-ring (bicyclic) bond motifs is 3. The van der Waals surface area contributed by atoms with Crippen LogP contribution < -0.4 is 25.6 Å². The summed E-state index contributed by atoms with van der Waals surface area (Å²) in [5, 5.41) is 24.6. The van der Waals surface area contributed by atoms with E-state index in [9.17, 15) is 9.90 Å². The van der Waals surface area contributed by atoms with Gasteiger partial charge in [0.15, 0.2) is 0 Å². The Hall–Kier alpha value is -4.42. The monoisotopic (exact) mass is 585 g/mol. The van der Waals surface area contributed by atoms with E-state index in [1.165, 1.54) is 0 Å². The van der Waals surface area contributed by atoms with E-state index in [2.05, 4.69) is 37.0 Å². The van der Waals surface area contributed by atoms with Crippen LogP contribution in [0.3, 0.4) is 0 Å². The Labute approximate surface area is 251 Å². The van der Waals surface area contributed by atoms with Gasteiger partial charge in [0, 0.05) is 61.6 Å². The first-order chi connectivity index (χ1) is 20.6. The standard InChI is InChI=1S/C31H39N9O3/c1-19-27(20(2)40(37-19)18-31(3,4)42)35-29(41)23-10-13-39-25(23)9-6-21-17-33-30(36-28(21)39)34-24-8-7-22(16-26(24)43-5)38-14-11-32-12-15-38/h7-8,10,13,16-17,32,42H,6,9,11-12,14-15,18H2,1-5H3,(H,35,41)(H,33,34,36). The van der Waals surface area contributed by atoms with Gasteiger partial charge in [-0.3, -0.25) is 9.48 Å². The molecule has 4 aromatic rings. The van der Waals surface area contributed by atoms with Crippen molar-refractivity contribution in [3.63, 3.8) is 0 Å². The number of amides is 1. The second-order valence-electron chi connectivity index (χ2n) is 11.8. The molecule has 226 valence electrons. The van der Waals surface area contributed by atoms with Gasteiger partial charge in [0.05, 0.1) is 47.6 Å². The van der Waals surface area contributed by atoms with Crippen LogP contribution in [-0.4, -0.2) is 74.2 Å². The predicted molar refractivity (Wildman–Crippen MR) is 166 cm³/mol. The van der Waals surface area contributed by atoms with Gasteiger partial charge in [-0.25, -0.2) is 4.98 Å². The minimum atomic E-state index is -0.922. The van der Waals surface area contributed by atoms with E-state index in [0.717, 1.165) is 72.5 Å². The highest BCUT2D eigenvalue weighted by molar-refractivity contribution is 6.06. The molecule has 0 unspecified atom stereocenters. The number of carbonyl (C=O) groups is 1. The highest BCUT2D eigenvalue weighted by atomic mass is 16.5. The van der Waals surface area contributed by atoms with E-state index in [4.69, 9.17) is 9.72 Å². The zero-order valence-corrected chi connectivity index (χ0v) is 25.4. The number of hydrogen-bond acceptors (Lipinski definition) is 9. The summed E-state index contributed by atoms with van der Waals surface area (Å²) in [6.07, 6.45) is 5.15. The highest BCUT2D eigenvalue weighted by Gasteiger charge is 2.26. The second kappa shape index (κ2) is 11.3. The molecule has 6 rings (SSSR count). The van der Waals surface area contributed by atoms with Gasteiger partial charge >= 0.3 is 0 Å². The average Bonchev–Trinajstić information content (AvgIpc) is 3.54. The number of aromatic nitrogens is 5. The van der Waals surface area contributed by atoms with Crippen LogP contribution in [0.4, 0.5) is 23.0 Å². The largest absolute Gasteiger partial charge is 0.494 e. The number of anilines is 4. The fraction of sp³-hybridized carbons (Fsp3) is 0.419. The average molecular weight is 586 g/mol. The molecule has 5 heterocycles. The summed E-state index contributed by atoms with van der Waals surface area (Å²) in [7, 11) is 1.66. The number of aryl methyl sites for hydroxylation is 2. The van der Waals surface area contributed by atoms with Gasteiger partial charge in [0.2, 0.25) is 5.95 Å². The topological polar surface area (TPSA) is 134 Å².